The SMILES string of the molecule is O=C(/C=C/c1ccc(Br)o1)Nc1cccc(C(=O)O)c1O. The maximum Gasteiger partial charge on any atom is 0.339 e. The zero-order valence-electron chi connectivity index (χ0n) is 10.5. The Morgan fingerprint density at radius 3 is 2.62 bits per heavy atom. The monoisotopic (exact) mass is 351 g/mol. The van der Waals surface area contributed by atoms with Gasteiger partial charge in [0.05, 0.1) is 5.69 Å². The lowest BCUT2D eigenvalue weighted by atomic mass is 10.1. The lowest BCUT2D eigenvalue weighted by molar-refractivity contribution is -0.111. The number of furan rings is 1. The van der Waals surface area contributed by atoms with Crippen LogP contribution in [-0.4, -0.2) is 22.1 Å². The number of aromatic carboxylic acids is 1. The van der Waals surface area contributed by atoms with Crippen molar-refractivity contribution in [2.75, 3.05) is 5.32 Å². The summed E-state index contributed by atoms with van der Waals surface area (Å²) in [7, 11) is 0. The minimum absolute atomic E-state index is 0.0187. The molecule has 21 heavy (non-hydrogen) atoms. The maximum atomic E-state index is 11.7. The Labute approximate surface area is 127 Å². The number of carbonyl (C=O) groups excluding carboxylic acids is 1. The third kappa shape index (κ3) is 3.73. The number of aromatic hydroxyl groups is 1. The lowest BCUT2D eigenvalue weighted by Crippen LogP contribution is -2.09. The summed E-state index contributed by atoms with van der Waals surface area (Å²) in [4.78, 5) is 22.6. The van der Waals surface area contributed by atoms with Crippen molar-refractivity contribution in [3.8, 4) is 5.75 Å². The van der Waals surface area contributed by atoms with Gasteiger partial charge in [-0.3, -0.25) is 4.79 Å². The summed E-state index contributed by atoms with van der Waals surface area (Å²) >= 11 is 3.13. The standard InChI is InChI=1S/C14H10BrNO5/c15-11-6-4-8(21-11)5-7-12(17)16-10-3-1-2-9(13(10)18)14(19)20/h1-7,18H,(H,16,17)(H,19,20)/b7-5+. The van der Waals surface area contributed by atoms with E-state index < -0.39 is 17.6 Å². The molecule has 6 nitrogen and oxygen atoms in total. The summed E-state index contributed by atoms with van der Waals surface area (Å²) < 4.78 is 5.72. The Morgan fingerprint density at radius 1 is 1.24 bits per heavy atom. The fourth-order valence-corrected chi connectivity index (χ4v) is 1.89. The molecular formula is C14H10BrNO5. The highest BCUT2D eigenvalue weighted by molar-refractivity contribution is 9.10. The Hall–Kier alpha value is -2.54. The molecule has 0 spiro atoms. The Bertz CT molecular complexity index is 720. The molecule has 1 aromatic heterocycles. The summed E-state index contributed by atoms with van der Waals surface area (Å²) in [5, 5.41) is 21.0. The Kier molecular flexibility index (Phi) is 4.44. The van der Waals surface area contributed by atoms with Crippen LogP contribution in [-0.2, 0) is 4.79 Å². The van der Waals surface area contributed by atoms with Crippen molar-refractivity contribution in [1.82, 2.24) is 0 Å². The van der Waals surface area contributed by atoms with E-state index in [-0.39, 0.29) is 11.3 Å². The predicted molar refractivity (Wildman–Crippen MR) is 79.1 cm³/mol. The van der Waals surface area contributed by atoms with E-state index in [1.165, 1.54) is 30.4 Å². The average molecular weight is 352 g/mol. The highest BCUT2D eigenvalue weighted by Gasteiger charge is 2.13. The van der Waals surface area contributed by atoms with Gasteiger partial charge in [-0.05, 0) is 46.3 Å². The zero-order chi connectivity index (χ0) is 15.4. The van der Waals surface area contributed by atoms with Crippen molar-refractivity contribution in [2.24, 2.45) is 0 Å². The van der Waals surface area contributed by atoms with E-state index in [1.54, 1.807) is 12.1 Å². The van der Waals surface area contributed by atoms with E-state index >= 15 is 0 Å². The average Bonchev–Trinajstić information content (AvgIpc) is 2.84. The van der Waals surface area contributed by atoms with Crippen molar-refractivity contribution in [3.05, 3.63) is 52.4 Å². The second-order valence-electron chi connectivity index (χ2n) is 3.97. The van der Waals surface area contributed by atoms with Gasteiger partial charge in [-0.15, -0.1) is 0 Å². The molecule has 0 aliphatic carbocycles. The van der Waals surface area contributed by atoms with Gasteiger partial charge in [0.2, 0.25) is 5.91 Å². The summed E-state index contributed by atoms with van der Waals surface area (Å²) in [5.74, 6) is -1.83. The van der Waals surface area contributed by atoms with Crippen LogP contribution in [0.5, 0.6) is 5.75 Å². The van der Waals surface area contributed by atoms with Gasteiger partial charge in [0.1, 0.15) is 11.3 Å². The molecule has 0 fully saturated rings. The van der Waals surface area contributed by atoms with Crippen molar-refractivity contribution in [2.45, 2.75) is 0 Å². The number of hydrogen-bond acceptors (Lipinski definition) is 4. The fraction of sp³-hybridized carbons (Fsp3) is 0. The van der Waals surface area contributed by atoms with Gasteiger partial charge < -0.3 is 19.9 Å². The van der Waals surface area contributed by atoms with Crippen LogP contribution in [0, 0.1) is 0 Å². The van der Waals surface area contributed by atoms with E-state index in [2.05, 4.69) is 21.2 Å². The number of nitrogens with one attached hydrogen (secondary N) is 1. The molecule has 2 rings (SSSR count). The molecule has 3 N–H and O–H groups in total. The lowest BCUT2D eigenvalue weighted by Gasteiger charge is -2.07. The number of phenols is 1. The molecule has 1 amide bonds. The summed E-state index contributed by atoms with van der Waals surface area (Å²) in [5.41, 5.74) is -0.267. The van der Waals surface area contributed by atoms with Crippen LogP contribution >= 0.6 is 15.9 Å². The predicted octanol–water partition coefficient (Wildman–Crippen LogP) is 3.10. The van der Waals surface area contributed by atoms with Gasteiger partial charge in [0.25, 0.3) is 0 Å². The first-order valence-corrected chi connectivity index (χ1v) is 6.56. The molecule has 0 atom stereocenters. The molecule has 108 valence electrons. The van der Waals surface area contributed by atoms with E-state index in [9.17, 15) is 14.7 Å². The highest BCUT2D eigenvalue weighted by atomic mass is 79.9. The largest absolute Gasteiger partial charge is 0.505 e. The molecule has 7 heteroatoms. The Balaban J connectivity index is 2.11. The van der Waals surface area contributed by atoms with E-state index in [1.807, 2.05) is 0 Å². The number of carbonyl (C=O) groups is 2. The van der Waals surface area contributed by atoms with E-state index in [4.69, 9.17) is 9.52 Å². The number of benzene rings is 1. The Morgan fingerprint density at radius 2 is 2.00 bits per heavy atom. The first-order chi connectivity index (χ1) is 9.97. The molecule has 0 unspecified atom stereocenters. The number of carboxylic acid groups (broad SMARTS) is 1. The number of amides is 1. The van der Waals surface area contributed by atoms with Crippen molar-refractivity contribution >= 4 is 39.6 Å². The van der Waals surface area contributed by atoms with Crippen molar-refractivity contribution in [3.63, 3.8) is 0 Å². The first-order valence-electron chi connectivity index (χ1n) is 5.77. The maximum absolute atomic E-state index is 11.7. The molecule has 0 saturated heterocycles. The van der Waals surface area contributed by atoms with Crippen LogP contribution in [0.2, 0.25) is 0 Å². The van der Waals surface area contributed by atoms with Crippen molar-refractivity contribution < 1.29 is 24.2 Å². The molecule has 1 aromatic carbocycles. The summed E-state index contributed by atoms with van der Waals surface area (Å²) in [6, 6.07) is 7.41. The minimum Gasteiger partial charge on any atom is -0.505 e. The van der Waals surface area contributed by atoms with Crippen LogP contribution in [0.3, 0.4) is 0 Å². The number of para-hydroxylation sites is 1. The molecule has 1 heterocycles. The fourth-order valence-electron chi connectivity index (χ4n) is 1.57. The van der Waals surface area contributed by atoms with E-state index in [0.29, 0.717) is 10.4 Å². The molecule has 0 aliphatic rings. The number of hydrogen-bond donors (Lipinski definition) is 3. The van der Waals surface area contributed by atoms with Crippen LogP contribution in [0.25, 0.3) is 6.08 Å². The second kappa shape index (κ2) is 6.27. The number of rotatable bonds is 4. The van der Waals surface area contributed by atoms with Crippen molar-refractivity contribution in [1.29, 1.82) is 0 Å². The molecule has 0 bridgehead atoms. The van der Waals surface area contributed by atoms with Gasteiger partial charge >= 0.3 is 5.97 Å². The summed E-state index contributed by atoms with van der Waals surface area (Å²) in [6.45, 7) is 0. The first kappa shape index (κ1) is 14.9. The third-order valence-corrected chi connectivity index (χ3v) is 2.94. The van der Waals surface area contributed by atoms with E-state index in [0.717, 1.165) is 0 Å². The third-order valence-electron chi connectivity index (χ3n) is 2.52. The summed E-state index contributed by atoms with van der Waals surface area (Å²) in [6.07, 6.45) is 2.65. The minimum atomic E-state index is -1.28. The normalized spacial score (nSPS) is 10.7. The van der Waals surface area contributed by atoms with Gasteiger partial charge in [0, 0.05) is 6.08 Å². The van der Waals surface area contributed by atoms with Gasteiger partial charge in [0.15, 0.2) is 10.4 Å². The van der Waals surface area contributed by atoms with Gasteiger partial charge in [-0.25, -0.2) is 4.79 Å². The number of halogens is 1. The van der Waals surface area contributed by atoms with Gasteiger partial charge in [-0.2, -0.15) is 0 Å². The topological polar surface area (TPSA) is 99.8 Å². The molecule has 0 aliphatic heterocycles. The van der Waals surface area contributed by atoms with Gasteiger partial charge in [-0.1, -0.05) is 6.07 Å². The molecular weight excluding hydrogens is 342 g/mol. The van der Waals surface area contributed by atoms with Crippen LogP contribution < -0.4 is 5.32 Å². The van der Waals surface area contributed by atoms with Crippen LogP contribution in [0.15, 0.2) is 45.5 Å². The molecule has 0 radical (unpaired) electrons. The second-order valence-corrected chi connectivity index (χ2v) is 4.75. The quantitative estimate of drug-likeness (QED) is 0.580. The number of carboxylic acids is 1. The highest BCUT2D eigenvalue weighted by Crippen LogP contribution is 2.27. The molecule has 0 saturated carbocycles. The van der Waals surface area contributed by atoms with Crippen LogP contribution in [0.4, 0.5) is 5.69 Å². The number of anilines is 1. The molecule has 2 aromatic rings. The van der Waals surface area contributed by atoms with Crippen LogP contribution in [0.1, 0.15) is 16.1 Å². The smallest absolute Gasteiger partial charge is 0.339 e. The zero-order valence-corrected chi connectivity index (χ0v) is 12.1.